The molecule has 0 fully saturated rings. The second-order valence-electron chi connectivity index (χ2n) is 6.08. The average Bonchev–Trinajstić information content (AvgIpc) is 2.56. The molecule has 0 aromatic rings. The largest absolute Gasteiger partial charge is 0.500 e. The highest BCUT2D eigenvalue weighted by Crippen LogP contribution is 2.18. The standard InChI is InChI=1S/C17H36O5Si/c1-20-23(21-2,22-3)16-14-12-10-8-6-4-5-7-9-11-13-15-17(18)19/h4-16H2,1-3H3,(H,18,19). The molecular weight excluding hydrogens is 312 g/mol. The monoisotopic (exact) mass is 348 g/mol. The van der Waals surface area contributed by atoms with E-state index in [-0.39, 0.29) is 0 Å². The van der Waals surface area contributed by atoms with Crippen molar-refractivity contribution in [3.05, 3.63) is 0 Å². The molecule has 0 aliphatic heterocycles. The lowest BCUT2D eigenvalue weighted by Gasteiger charge is -2.24. The lowest BCUT2D eigenvalue weighted by molar-refractivity contribution is -0.137. The van der Waals surface area contributed by atoms with Crippen LogP contribution in [-0.2, 0) is 18.1 Å². The van der Waals surface area contributed by atoms with Crippen LogP contribution in [0.4, 0.5) is 0 Å². The highest BCUT2D eigenvalue weighted by atomic mass is 28.4. The second kappa shape index (κ2) is 15.1. The van der Waals surface area contributed by atoms with E-state index in [0.29, 0.717) is 6.42 Å². The van der Waals surface area contributed by atoms with Crippen molar-refractivity contribution in [2.24, 2.45) is 0 Å². The van der Waals surface area contributed by atoms with E-state index in [2.05, 4.69) is 0 Å². The first-order valence-electron chi connectivity index (χ1n) is 8.97. The molecule has 1 N–H and O–H groups in total. The summed E-state index contributed by atoms with van der Waals surface area (Å²) in [4.78, 5) is 10.4. The maximum absolute atomic E-state index is 10.4. The van der Waals surface area contributed by atoms with Gasteiger partial charge >= 0.3 is 14.8 Å². The van der Waals surface area contributed by atoms with E-state index in [0.717, 1.165) is 25.3 Å². The van der Waals surface area contributed by atoms with Gasteiger partial charge in [0.05, 0.1) is 0 Å². The number of carboxylic acid groups (broad SMARTS) is 1. The first-order chi connectivity index (χ1) is 11.1. The first kappa shape index (κ1) is 22.6. The molecule has 0 aliphatic rings. The zero-order valence-electron chi connectivity index (χ0n) is 15.3. The van der Waals surface area contributed by atoms with E-state index in [1.807, 2.05) is 0 Å². The first-order valence-corrected chi connectivity index (χ1v) is 10.9. The van der Waals surface area contributed by atoms with E-state index in [1.165, 1.54) is 51.4 Å². The molecule has 0 spiro atoms. The van der Waals surface area contributed by atoms with Crippen LogP contribution in [0.5, 0.6) is 0 Å². The quantitative estimate of drug-likeness (QED) is 0.307. The van der Waals surface area contributed by atoms with Gasteiger partial charge in [-0.05, 0) is 12.8 Å². The summed E-state index contributed by atoms with van der Waals surface area (Å²) in [5, 5.41) is 8.54. The average molecular weight is 349 g/mol. The minimum absolute atomic E-state index is 0.319. The summed E-state index contributed by atoms with van der Waals surface area (Å²) in [6.45, 7) is 0. The molecule has 0 radical (unpaired) electrons. The Bertz CT molecular complexity index is 274. The van der Waals surface area contributed by atoms with Crippen LogP contribution in [-0.4, -0.2) is 41.2 Å². The Balaban J connectivity index is 3.29. The van der Waals surface area contributed by atoms with Crippen molar-refractivity contribution in [1.29, 1.82) is 0 Å². The third kappa shape index (κ3) is 12.6. The van der Waals surface area contributed by atoms with Gasteiger partial charge in [-0.25, -0.2) is 0 Å². The van der Waals surface area contributed by atoms with Gasteiger partial charge in [0.2, 0.25) is 0 Å². The van der Waals surface area contributed by atoms with Crippen molar-refractivity contribution in [1.82, 2.24) is 0 Å². The van der Waals surface area contributed by atoms with Crippen molar-refractivity contribution in [2.75, 3.05) is 21.3 Å². The Morgan fingerprint density at radius 1 is 0.696 bits per heavy atom. The molecule has 0 atom stereocenters. The number of carbonyl (C=O) groups is 1. The Hall–Kier alpha value is -0.433. The van der Waals surface area contributed by atoms with E-state index in [9.17, 15) is 4.79 Å². The Morgan fingerprint density at radius 3 is 1.39 bits per heavy atom. The number of rotatable bonds is 17. The number of hydrogen-bond acceptors (Lipinski definition) is 4. The molecule has 0 heterocycles. The van der Waals surface area contributed by atoms with Crippen LogP contribution in [0.3, 0.4) is 0 Å². The minimum atomic E-state index is -2.36. The second-order valence-corrected chi connectivity index (χ2v) is 9.17. The minimum Gasteiger partial charge on any atom is -0.481 e. The lowest BCUT2D eigenvalue weighted by atomic mass is 10.1. The summed E-state index contributed by atoms with van der Waals surface area (Å²) in [6.07, 6.45) is 13.4. The molecule has 5 nitrogen and oxygen atoms in total. The third-order valence-electron chi connectivity index (χ3n) is 4.31. The highest BCUT2D eigenvalue weighted by Gasteiger charge is 2.36. The van der Waals surface area contributed by atoms with Crippen LogP contribution in [0.25, 0.3) is 0 Å². The van der Waals surface area contributed by atoms with Gasteiger partial charge in [0.1, 0.15) is 0 Å². The fraction of sp³-hybridized carbons (Fsp3) is 0.941. The molecule has 0 saturated carbocycles. The van der Waals surface area contributed by atoms with Crippen molar-refractivity contribution in [2.45, 2.75) is 83.1 Å². The molecule has 0 aromatic carbocycles. The predicted molar refractivity (Wildman–Crippen MR) is 94.6 cm³/mol. The van der Waals surface area contributed by atoms with Crippen molar-refractivity contribution < 1.29 is 23.2 Å². The molecule has 0 bridgehead atoms. The molecule has 0 aromatic heterocycles. The van der Waals surface area contributed by atoms with Crippen LogP contribution in [0, 0.1) is 0 Å². The van der Waals surface area contributed by atoms with Crippen LogP contribution >= 0.6 is 0 Å². The molecule has 23 heavy (non-hydrogen) atoms. The summed E-state index contributed by atoms with van der Waals surface area (Å²) in [5.41, 5.74) is 0. The summed E-state index contributed by atoms with van der Waals surface area (Å²) in [7, 11) is 2.64. The van der Waals surface area contributed by atoms with E-state index < -0.39 is 14.8 Å². The van der Waals surface area contributed by atoms with E-state index in [4.69, 9.17) is 18.4 Å². The lowest BCUT2D eigenvalue weighted by Crippen LogP contribution is -2.42. The number of carboxylic acids is 1. The topological polar surface area (TPSA) is 65.0 Å². The zero-order chi connectivity index (χ0) is 17.4. The van der Waals surface area contributed by atoms with Crippen LogP contribution < -0.4 is 0 Å². The summed E-state index contributed by atoms with van der Waals surface area (Å²) < 4.78 is 16.2. The molecule has 0 saturated heterocycles. The van der Waals surface area contributed by atoms with Crippen molar-refractivity contribution in [3.8, 4) is 0 Å². The van der Waals surface area contributed by atoms with E-state index in [1.54, 1.807) is 21.3 Å². The smallest absolute Gasteiger partial charge is 0.481 e. The van der Waals surface area contributed by atoms with Crippen molar-refractivity contribution in [3.63, 3.8) is 0 Å². The fourth-order valence-electron chi connectivity index (χ4n) is 2.76. The van der Waals surface area contributed by atoms with Gasteiger partial charge in [-0.15, -0.1) is 0 Å². The van der Waals surface area contributed by atoms with Gasteiger partial charge < -0.3 is 18.4 Å². The van der Waals surface area contributed by atoms with Gasteiger partial charge in [0.25, 0.3) is 0 Å². The van der Waals surface area contributed by atoms with Crippen LogP contribution in [0.15, 0.2) is 0 Å². The van der Waals surface area contributed by atoms with Gasteiger partial charge in [0, 0.05) is 33.8 Å². The molecule has 138 valence electrons. The molecule has 6 heteroatoms. The maximum atomic E-state index is 10.4. The van der Waals surface area contributed by atoms with Gasteiger partial charge in [-0.1, -0.05) is 57.8 Å². The zero-order valence-corrected chi connectivity index (χ0v) is 16.3. The number of unbranched alkanes of at least 4 members (excludes halogenated alkanes) is 10. The molecule has 0 rings (SSSR count). The normalized spacial score (nSPS) is 11.8. The molecule has 0 unspecified atom stereocenters. The number of hydrogen-bond donors (Lipinski definition) is 1. The highest BCUT2D eigenvalue weighted by molar-refractivity contribution is 6.60. The fourth-order valence-corrected chi connectivity index (χ4v) is 4.56. The Kier molecular flexibility index (Phi) is 14.8. The summed E-state index contributed by atoms with van der Waals surface area (Å²) in [5.74, 6) is -0.675. The predicted octanol–water partition coefficient (Wildman–Crippen LogP) is 4.63. The Morgan fingerprint density at radius 2 is 1.04 bits per heavy atom. The van der Waals surface area contributed by atoms with Crippen LogP contribution in [0.2, 0.25) is 6.04 Å². The SMILES string of the molecule is CO[Si](CCCCCCCCCCCCCC(=O)O)(OC)OC. The van der Waals surface area contributed by atoms with Gasteiger partial charge in [-0.2, -0.15) is 0 Å². The van der Waals surface area contributed by atoms with Crippen LogP contribution in [0.1, 0.15) is 77.0 Å². The summed E-state index contributed by atoms with van der Waals surface area (Å²) >= 11 is 0. The van der Waals surface area contributed by atoms with Gasteiger partial charge in [-0.3, -0.25) is 4.79 Å². The molecule has 0 aliphatic carbocycles. The summed E-state index contributed by atoms with van der Waals surface area (Å²) in [6, 6.07) is 0.896. The third-order valence-corrected chi connectivity index (χ3v) is 7.14. The Labute approximate surface area is 143 Å². The van der Waals surface area contributed by atoms with E-state index >= 15 is 0 Å². The van der Waals surface area contributed by atoms with Gasteiger partial charge in [0.15, 0.2) is 0 Å². The molecule has 0 amide bonds. The maximum Gasteiger partial charge on any atom is 0.500 e. The van der Waals surface area contributed by atoms with Crippen molar-refractivity contribution >= 4 is 14.8 Å². The molecular formula is C17H36O5Si. The number of aliphatic carboxylic acids is 1.